The largest absolute Gasteiger partial charge is 0.507 e. The Bertz CT molecular complexity index is 578. The molecule has 0 aliphatic heterocycles. The van der Waals surface area contributed by atoms with E-state index in [9.17, 15) is 5.11 Å². The second kappa shape index (κ2) is 5.69. The van der Waals surface area contributed by atoms with E-state index in [0.717, 1.165) is 12.1 Å². The normalized spacial score (nSPS) is 11.0. The Balaban J connectivity index is 2.26. The summed E-state index contributed by atoms with van der Waals surface area (Å²) < 4.78 is 0. The summed E-state index contributed by atoms with van der Waals surface area (Å²) in [6, 6.07) is 12.9. The van der Waals surface area contributed by atoms with Crippen LogP contribution in [0.15, 0.2) is 47.5 Å². The van der Waals surface area contributed by atoms with Crippen LogP contribution >= 0.6 is 11.6 Å². The van der Waals surface area contributed by atoms with Crippen molar-refractivity contribution in [1.82, 2.24) is 0 Å². The average Bonchev–Trinajstić information content (AvgIpc) is 2.40. The molecule has 0 aliphatic rings. The van der Waals surface area contributed by atoms with Crippen molar-refractivity contribution in [3.05, 3.63) is 58.6 Å². The summed E-state index contributed by atoms with van der Waals surface area (Å²) in [6.45, 7) is 2.10. The van der Waals surface area contributed by atoms with Gasteiger partial charge in [0.05, 0.1) is 5.69 Å². The fourth-order valence-electron chi connectivity index (χ4n) is 1.63. The smallest absolute Gasteiger partial charge is 0.124 e. The van der Waals surface area contributed by atoms with Crippen molar-refractivity contribution in [3.63, 3.8) is 0 Å². The van der Waals surface area contributed by atoms with Gasteiger partial charge in [0, 0.05) is 16.8 Å². The number of phenols is 1. The summed E-state index contributed by atoms with van der Waals surface area (Å²) in [7, 11) is 0. The van der Waals surface area contributed by atoms with Gasteiger partial charge in [-0.15, -0.1) is 0 Å². The lowest BCUT2D eigenvalue weighted by Crippen LogP contribution is -1.83. The number of aryl methyl sites for hydroxylation is 1. The highest BCUT2D eigenvalue weighted by Gasteiger charge is 1.99. The average molecular weight is 260 g/mol. The molecule has 0 saturated carbocycles. The number of rotatable bonds is 3. The monoisotopic (exact) mass is 259 g/mol. The molecule has 0 amide bonds. The predicted molar refractivity (Wildman–Crippen MR) is 76.2 cm³/mol. The van der Waals surface area contributed by atoms with Crippen LogP contribution in [0.5, 0.6) is 5.75 Å². The third kappa shape index (κ3) is 3.11. The summed E-state index contributed by atoms with van der Waals surface area (Å²) in [5, 5.41) is 10.2. The highest BCUT2D eigenvalue weighted by Crippen LogP contribution is 2.21. The van der Waals surface area contributed by atoms with Gasteiger partial charge in [0.2, 0.25) is 0 Å². The molecule has 2 rings (SSSR count). The SMILES string of the molecule is CCc1cccc(N=Cc2cc(Cl)ccc2O)c1. The Kier molecular flexibility index (Phi) is 4.00. The van der Waals surface area contributed by atoms with Crippen LogP contribution < -0.4 is 0 Å². The molecule has 18 heavy (non-hydrogen) atoms. The number of aromatic hydroxyl groups is 1. The van der Waals surface area contributed by atoms with Crippen LogP contribution in [0.25, 0.3) is 0 Å². The Morgan fingerprint density at radius 2 is 2.06 bits per heavy atom. The van der Waals surface area contributed by atoms with Gasteiger partial charge in [-0.3, -0.25) is 4.99 Å². The van der Waals surface area contributed by atoms with E-state index in [4.69, 9.17) is 11.6 Å². The lowest BCUT2D eigenvalue weighted by molar-refractivity contribution is 0.474. The number of hydrogen-bond acceptors (Lipinski definition) is 2. The maximum absolute atomic E-state index is 9.66. The van der Waals surface area contributed by atoms with E-state index < -0.39 is 0 Å². The quantitative estimate of drug-likeness (QED) is 0.816. The summed E-state index contributed by atoms with van der Waals surface area (Å²) in [5.41, 5.74) is 2.72. The predicted octanol–water partition coefficient (Wildman–Crippen LogP) is 4.36. The first kappa shape index (κ1) is 12.7. The molecule has 0 spiro atoms. The van der Waals surface area contributed by atoms with Crippen molar-refractivity contribution in [2.75, 3.05) is 0 Å². The fraction of sp³-hybridized carbons (Fsp3) is 0.133. The van der Waals surface area contributed by atoms with Crippen LogP contribution in [0.1, 0.15) is 18.1 Å². The van der Waals surface area contributed by atoms with E-state index in [1.807, 2.05) is 18.2 Å². The summed E-state index contributed by atoms with van der Waals surface area (Å²) >= 11 is 5.87. The highest BCUT2D eigenvalue weighted by molar-refractivity contribution is 6.30. The van der Waals surface area contributed by atoms with Crippen molar-refractivity contribution in [2.45, 2.75) is 13.3 Å². The molecule has 0 unspecified atom stereocenters. The topological polar surface area (TPSA) is 32.6 Å². The minimum atomic E-state index is 0.176. The van der Waals surface area contributed by atoms with E-state index in [0.29, 0.717) is 10.6 Å². The molecule has 0 saturated heterocycles. The van der Waals surface area contributed by atoms with E-state index in [1.165, 1.54) is 5.56 Å². The molecule has 0 heterocycles. The van der Waals surface area contributed by atoms with Gasteiger partial charge in [-0.2, -0.15) is 0 Å². The van der Waals surface area contributed by atoms with E-state index in [-0.39, 0.29) is 5.75 Å². The van der Waals surface area contributed by atoms with Gasteiger partial charge >= 0.3 is 0 Å². The molecule has 0 aromatic heterocycles. The zero-order chi connectivity index (χ0) is 13.0. The molecule has 3 heteroatoms. The molecule has 0 radical (unpaired) electrons. The maximum atomic E-state index is 9.66. The van der Waals surface area contributed by atoms with Crippen LogP contribution in [0.4, 0.5) is 5.69 Å². The van der Waals surface area contributed by atoms with Gasteiger partial charge in [0.25, 0.3) is 0 Å². The van der Waals surface area contributed by atoms with Crippen LogP contribution in [0.3, 0.4) is 0 Å². The third-order valence-electron chi connectivity index (χ3n) is 2.66. The summed E-state index contributed by atoms with van der Waals surface area (Å²) in [4.78, 5) is 4.34. The van der Waals surface area contributed by atoms with E-state index in [1.54, 1.807) is 24.4 Å². The van der Waals surface area contributed by atoms with Gasteiger partial charge in [-0.05, 0) is 42.3 Å². The third-order valence-corrected chi connectivity index (χ3v) is 2.90. The number of phenolic OH excluding ortho intramolecular Hbond substituents is 1. The van der Waals surface area contributed by atoms with Crippen molar-refractivity contribution in [3.8, 4) is 5.75 Å². The maximum Gasteiger partial charge on any atom is 0.124 e. The van der Waals surface area contributed by atoms with Gasteiger partial charge in [-0.25, -0.2) is 0 Å². The van der Waals surface area contributed by atoms with Gasteiger partial charge in [0.15, 0.2) is 0 Å². The van der Waals surface area contributed by atoms with Crippen molar-refractivity contribution < 1.29 is 5.11 Å². The number of nitrogens with zero attached hydrogens (tertiary/aromatic N) is 1. The number of benzene rings is 2. The van der Waals surface area contributed by atoms with Crippen LogP contribution in [-0.2, 0) is 6.42 Å². The molecule has 1 N–H and O–H groups in total. The first-order chi connectivity index (χ1) is 8.69. The van der Waals surface area contributed by atoms with Gasteiger partial charge in [0.1, 0.15) is 5.75 Å². The minimum absolute atomic E-state index is 0.176. The van der Waals surface area contributed by atoms with Crippen LogP contribution in [0, 0.1) is 0 Å². The molecule has 0 fully saturated rings. The lowest BCUT2D eigenvalue weighted by Gasteiger charge is -2.00. The minimum Gasteiger partial charge on any atom is -0.507 e. The standard InChI is InChI=1S/C15H14ClNO/c1-2-11-4-3-5-14(8-11)17-10-12-9-13(16)6-7-15(12)18/h3-10,18H,2H2,1H3. The molecule has 0 bridgehead atoms. The summed E-state index contributed by atoms with van der Waals surface area (Å²) in [6.07, 6.45) is 2.60. The zero-order valence-corrected chi connectivity index (χ0v) is 10.9. The van der Waals surface area contributed by atoms with Crippen molar-refractivity contribution in [2.24, 2.45) is 4.99 Å². The summed E-state index contributed by atoms with van der Waals surface area (Å²) in [5.74, 6) is 0.176. The number of hydrogen-bond donors (Lipinski definition) is 1. The van der Waals surface area contributed by atoms with Gasteiger partial charge in [-0.1, -0.05) is 30.7 Å². The number of halogens is 1. The highest BCUT2D eigenvalue weighted by atomic mass is 35.5. The molecule has 0 aliphatic carbocycles. The molecule has 2 aromatic carbocycles. The number of aliphatic imine (C=N–C) groups is 1. The van der Waals surface area contributed by atoms with Crippen LogP contribution in [-0.4, -0.2) is 11.3 Å². The van der Waals surface area contributed by atoms with Crippen LogP contribution in [0.2, 0.25) is 5.02 Å². The second-order valence-electron chi connectivity index (χ2n) is 3.98. The Labute approximate surface area is 112 Å². The molecular formula is C15H14ClNO. The Hall–Kier alpha value is -1.80. The van der Waals surface area contributed by atoms with Crippen molar-refractivity contribution >= 4 is 23.5 Å². The zero-order valence-electron chi connectivity index (χ0n) is 10.1. The van der Waals surface area contributed by atoms with Gasteiger partial charge < -0.3 is 5.11 Å². The molecule has 92 valence electrons. The van der Waals surface area contributed by atoms with Crippen molar-refractivity contribution in [1.29, 1.82) is 0 Å². The molecule has 0 atom stereocenters. The first-order valence-electron chi connectivity index (χ1n) is 5.80. The molecular weight excluding hydrogens is 246 g/mol. The lowest BCUT2D eigenvalue weighted by atomic mass is 10.1. The molecule has 2 aromatic rings. The Morgan fingerprint density at radius 1 is 1.22 bits per heavy atom. The Morgan fingerprint density at radius 3 is 2.83 bits per heavy atom. The molecule has 2 nitrogen and oxygen atoms in total. The fourth-order valence-corrected chi connectivity index (χ4v) is 1.81. The van der Waals surface area contributed by atoms with E-state index in [2.05, 4.69) is 18.0 Å². The second-order valence-corrected chi connectivity index (χ2v) is 4.42. The van der Waals surface area contributed by atoms with E-state index >= 15 is 0 Å². The first-order valence-corrected chi connectivity index (χ1v) is 6.18.